The average Bonchev–Trinajstić information content (AvgIpc) is 2.43. The number of nitriles is 1. The van der Waals surface area contributed by atoms with Gasteiger partial charge in [0.25, 0.3) is 0 Å². The van der Waals surface area contributed by atoms with Gasteiger partial charge in [-0.3, -0.25) is 5.32 Å². The highest BCUT2D eigenvalue weighted by Gasteiger charge is 2.08. The summed E-state index contributed by atoms with van der Waals surface area (Å²) in [5, 5.41) is 15.7. The van der Waals surface area contributed by atoms with E-state index in [1.807, 2.05) is 24.3 Å². The molecule has 0 saturated heterocycles. The lowest BCUT2D eigenvalue weighted by Crippen LogP contribution is -2.21. The molecule has 0 radical (unpaired) electrons. The van der Waals surface area contributed by atoms with E-state index in [9.17, 15) is 0 Å². The molecule has 5 nitrogen and oxygen atoms in total. The Labute approximate surface area is 107 Å². The molecule has 94 valence electrons. The quantitative estimate of drug-likeness (QED) is 0.345. The number of nitrogens with zero attached hydrogens (tertiary/aromatic N) is 4. The van der Waals surface area contributed by atoms with E-state index < -0.39 is 0 Å². The molecule has 5 heteroatoms. The Kier molecular flexibility index (Phi) is 6.34. The molecule has 1 aromatic carbocycles. The van der Waals surface area contributed by atoms with E-state index in [1.54, 1.807) is 0 Å². The molecule has 0 aliphatic carbocycles. The highest BCUT2D eigenvalue weighted by molar-refractivity contribution is 5.28. The third-order valence-electron chi connectivity index (χ3n) is 2.70. The van der Waals surface area contributed by atoms with Crippen molar-refractivity contribution in [2.45, 2.75) is 25.8 Å². The van der Waals surface area contributed by atoms with Gasteiger partial charge in [0.05, 0.1) is 6.07 Å². The number of hydrogen-bond donors (Lipinski definition) is 1. The minimum atomic E-state index is -0.304. The lowest BCUT2D eigenvalue weighted by Gasteiger charge is -2.11. The average molecular weight is 243 g/mol. The summed E-state index contributed by atoms with van der Waals surface area (Å²) in [5.41, 5.74) is 10.4. The van der Waals surface area contributed by atoms with E-state index >= 15 is 0 Å². The summed E-state index contributed by atoms with van der Waals surface area (Å²) in [4.78, 5) is 2.68. The van der Waals surface area contributed by atoms with Crippen molar-refractivity contribution in [2.75, 3.05) is 13.1 Å². The van der Waals surface area contributed by atoms with Crippen LogP contribution in [-0.2, 0) is 6.42 Å². The molecule has 1 rings (SSSR count). The SMILES string of the molecule is CCc1ccc(C(C#N)NCCCN=[N+]=[N-])cc1. The molecule has 0 heterocycles. The zero-order valence-corrected chi connectivity index (χ0v) is 10.5. The second-order valence-corrected chi connectivity index (χ2v) is 3.92. The lowest BCUT2D eigenvalue weighted by atomic mass is 10.0. The van der Waals surface area contributed by atoms with E-state index in [0.717, 1.165) is 18.4 Å². The Balaban J connectivity index is 2.49. The number of hydrogen-bond acceptors (Lipinski definition) is 3. The topological polar surface area (TPSA) is 84.6 Å². The first kappa shape index (κ1) is 14.0. The molecule has 1 atom stereocenters. The zero-order chi connectivity index (χ0) is 13.2. The van der Waals surface area contributed by atoms with E-state index in [2.05, 4.69) is 28.3 Å². The van der Waals surface area contributed by atoms with Gasteiger partial charge >= 0.3 is 0 Å². The van der Waals surface area contributed by atoms with Crippen LogP contribution in [0.2, 0.25) is 0 Å². The number of benzene rings is 1. The van der Waals surface area contributed by atoms with Crippen molar-refractivity contribution in [1.82, 2.24) is 5.32 Å². The van der Waals surface area contributed by atoms with Crippen LogP contribution in [-0.4, -0.2) is 13.1 Å². The van der Waals surface area contributed by atoms with Crippen LogP contribution in [0.1, 0.15) is 30.5 Å². The summed E-state index contributed by atoms with van der Waals surface area (Å²) in [6, 6.07) is 9.97. The summed E-state index contributed by atoms with van der Waals surface area (Å²) in [6.45, 7) is 3.22. The maximum absolute atomic E-state index is 9.11. The molecule has 0 bridgehead atoms. The maximum atomic E-state index is 9.11. The van der Waals surface area contributed by atoms with E-state index in [0.29, 0.717) is 13.1 Å². The third-order valence-corrected chi connectivity index (χ3v) is 2.70. The Morgan fingerprint density at radius 2 is 2.17 bits per heavy atom. The van der Waals surface area contributed by atoms with Crippen molar-refractivity contribution in [2.24, 2.45) is 5.11 Å². The van der Waals surface area contributed by atoms with Crippen molar-refractivity contribution < 1.29 is 0 Å². The Morgan fingerprint density at radius 1 is 1.44 bits per heavy atom. The number of nitrogens with one attached hydrogen (secondary N) is 1. The van der Waals surface area contributed by atoms with Gasteiger partial charge in [-0.15, -0.1) is 0 Å². The van der Waals surface area contributed by atoms with Gasteiger partial charge in [0, 0.05) is 11.5 Å². The van der Waals surface area contributed by atoms with Crippen LogP contribution >= 0.6 is 0 Å². The van der Waals surface area contributed by atoms with Gasteiger partial charge in [-0.1, -0.05) is 36.3 Å². The number of rotatable bonds is 7. The fourth-order valence-corrected chi connectivity index (χ4v) is 1.62. The fourth-order valence-electron chi connectivity index (χ4n) is 1.62. The van der Waals surface area contributed by atoms with Crippen LogP contribution < -0.4 is 5.32 Å². The summed E-state index contributed by atoms with van der Waals surface area (Å²) < 4.78 is 0. The second kappa shape index (κ2) is 8.13. The van der Waals surface area contributed by atoms with Crippen molar-refractivity contribution in [3.05, 3.63) is 45.8 Å². The first-order valence-corrected chi connectivity index (χ1v) is 6.04. The van der Waals surface area contributed by atoms with Crippen molar-refractivity contribution in [3.8, 4) is 6.07 Å². The highest BCUT2D eigenvalue weighted by atomic mass is 15.1. The molecule has 0 saturated carbocycles. The van der Waals surface area contributed by atoms with E-state index in [1.165, 1.54) is 5.56 Å². The molecule has 1 unspecified atom stereocenters. The minimum absolute atomic E-state index is 0.304. The number of aryl methyl sites for hydroxylation is 1. The first-order valence-electron chi connectivity index (χ1n) is 6.04. The van der Waals surface area contributed by atoms with Crippen molar-refractivity contribution >= 4 is 0 Å². The predicted molar refractivity (Wildman–Crippen MR) is 70.8 cm³/mol. The third kappa shape index (κ3) is 4.46. The fraction of sp³-hybridized carbons (Fsp3) is 0.462. The first-order chi connectivity index (χ1) is 8.81. The maximum Gasteiger partial charge on any atom is 0.121 e. The van der Waals surface area contributed by atoms with Crippen LogP contribution in [0.15, 0.2) is 29.4 Å². The van der Waals surface area contributed by atoms with Crippen LogP contribution in [0, 0.1) is 11.3 Å². The zero-order valence-electron chi connectivity index (χ0n) is 10.5. The van der Waals surface area contributed by atoms with Gasteiger partial charge in [0.15, 0.2) is 0 Å². The molecule has 0 aliphatic rings. The van der Waals surface area contributed by atoms with Crippen LogP contribution in [0.3, 0.4) is 0 Å². The molecule has 1 aromatic rings. The summed E-state index contributed by atoms with van der Waals surface area (Å²) >= 11 is 0. The molecule has 0 aliphatic heterocycles. The summed E-state index contributed by atoms with van der Waals surface area (Å²) in [7, 11) is 0. The molecule has 18 heavy (non-hydrogen) atoms. The van der Waals surface area contributed by atoms with Crippen molar-refractivity contribution in [1.29, 1.82) is 5.26 Å². The van der Waals surface area contributed by atoms with Gasteiger partial charge in [0.2, 0.25) is 0 Å². The Bertz CT molecular complexity index is 439. The van der Waals surface area contributed by atoms with E-state index in [-0.39, 0.29) is 6.04 Å². The number of azide groups is 1. The summed E-state index contributed by atoms with van der Waals surface area (Å²) in [5.74, 6) is 0. The van der Waals surface area contributed by atoms with E-state index in [4.69, 9.17) is 10.8 Å². The highest BCUT2D eigenvalue weighted by Crippen LogP contribution is 2.13. The molecule has 0 spiro atoms. The molecular formula is C13H17N5. The van der Waals surface area contributed by atoms with Crippen LogP contribution in [0.5, 0.6) is 0 Å². The van der Waals surface area contributed by atoms with Crippen molar-refractivity contribution in [3.63, 3.8) is 0 Å². The molecule has 0 fully saturated rings. The largest absolute Gasteiger partial charge is 0.298 e. The van der Waals surface area contributed by atoms with Crippen LogP contribution in [0.4, 0.5) is 0 Å². The smallest absolute Gasteiger partial charge is 0.121 e. The molecule has 0 aromatic heterocycles. The molecule has 1 N–H and O–H groups in total. The second-order valence-electron chi connectivity index (χ2n) is 3.92. The minimum Gasteiger partial charge on any atom is -0.298 e. The normalized spacial score (nSPS) is 11.3. The van der Waals surface area contributed by atoms with Gasteiger partial charge in [-0.25, -0.2) is 0 Å². The van der Waals surface area contributed by atoms with Gasteiger partial charge in [0.1, 0.15) is 6.04 Å². The van der Waals surface area contributed by atoms with Gasteiger partial charge in [-0.2, -0.15) is 5.26 Å². The Hall–Kier alpha value is -2.02. The molecular weight excluding hydrogens is 226 g/mol. The van der Waals surface area contributed by atoms with Gasteiger partial charge < -0.3 is 0 Å². The molecule has 0 amide bonds. The van der Waals surface area contributed by atoms with Crippen LogP contribution in [0.25, 0.3) is 10.4 Å². The monoisotopic (exact) mass is 243 g/mol. The summed E-state index contributed by atoms with van der Waals surface area (Å²) in [6.07, 6.45) is 1.73. The Morgan fingerprint density at radius 3 is 2.72 bits per heavy atom. The predicted octanol–water partition coefficient (Wildman–Crippen LogP) is 3.10. The van der Waals surface area contributed by atoms with Gasteiger partial charge in [-0.05, 0) is 36.0 Å². The lowest BCUT2D eigenvalue weighted by molar-refractivity contribution is 0.607. The standard InChI is InChI=1S/C13H17N5/c1-2-11-4-6-12(7-5-11)13(10-14)16-8-3-9-17-18-15/h4-7,13,16H,2-3,8-9H2,1H3.